The van der Waals surface area contributed by atoms with E-state index in [-0.39, 0.29) is 47.2 Å². The minimum absolute atomic E-state index is 0.00884. The minimum Gasteiger partial charge on any atom is -0.489 e. The molecule has 0 saturated heterocycles. The molecule has 1 fully saturated rings. The zero-order chi connectivity index (χ0) is 24.6. The number of hydrogen-bond donors (Lipinski definition) is 5. The average molecular weight is 476 g/mol. The second kappa shape index (κ2) is 9.44. The number of guanidine groups is 1. The second-order valence-corrected chi connectivity index (χ2v) is 9.70. The molecule has 10 heteroatoms. The molecule has 1 aliphatic heterocycles. The van der Waals surface area contributed by atoms with Crippen molar-refractivity contribution in [3.8, 4) is 11.5 Å². The van der Waals surface area contributed by atoms with Crippen LogP contribution < -0.4 is 26.4 Å². The summed E-state index contributed by atoms with van der Waals surface area (Å²) >= 11 is 0. The zero-order valence-corrected chi connectivity index (χ0v) is 19.5. The Labute approximate surface area is 197 Å². The van der Waals surface area contributed by atoms with Gasteiger partial charge in [0.25, 0.3) is 0 Å². The molecule has 4 rings (SSSR count). The summed E-state index contributed by atoms with van der Waals surface area (Å²) in [6.45, 7) is 2.96. The van der Waals surface area contributed by atoms with E-state index in [1.165, 1.54) is 6.07 Å². The van der Waals surface area contributed by atoms with Crippen LogP contribution in [0.4, 0.5) is 0 Å². The number of nitrogens with two attached hydrogens (primary N) is 2. The molecule has 2 aliphatic rings. The molecule has 0 bridgehead atoms. The summed E-state index contributed by atoms with van der Waals surface area (Å²) in [6.07, 6.45) is 2.54. The molecule has 10 nitrogen and oxygen atoms in total. The van der Waals surface area contributed by atoms with Gasteiger partial charge in [-0.3, -0.25) is 4.79 Å². The quantitative estimate of drug-likeness (QED) is 0.278. The van der Waals surface area contributed by atoms with Crippen LogP contribution >= 0.6 is 0 Å². The fourth-order valence-corrected chi connectivity index (χ4v) is 4.62. The number of nitrogens with zero attached hydrogens (tertiary/aromatic N) is 1. The van der Waals surface area contributed by atoms with Crippen LogP contribution in [0.1, 0.15) is 63.4 Å². The van der Waals surface area contributed by atoms with E-state index in [1.807, 2.05) is 0 Å². The Bertz CT molecular complexity index is 1130. The molecule has 1 aliphatic carbocycles. The normalized spacial score (nSPS) is 20.1. The first-order valence-electron chi connectivity index (χ1n) is 11.6. The molecular weight excluding hydrogens is 442 g/mol. The van der Waals surface area contributed by atoms with Crippen molar-refractivity contribution in [2.75, 3.05) is 6.61 Å². The van der Waals surface area contributed by atoms with E-state index in [1.54, 1.807) is 19.9 Å². The molecule has 0 amide bonds. The highest BCUT2D eigenvalue weighted by molar-refractivity contribution is 5.87. The summed E-state index contributed by atoms with van der Waals surface area (Å²) < 4.78 is 18.3. The van der Waals surface area contributed by atoms with E-state index < -0.39 is 23.9 Å². The number of hydrogen-bond acceptors (Lipinski definition) is 8. The van der Waals surface area contributed by atoms with Gasteiger partial charge in [0.15, 0.2) is 11.4 Å². The third-order valence-electron chi connectivity index (χ3n) is 6.45. The largest absolute Gasteiger partial charge is 0.489 e. The molecule has 1 saturated carbocycles. The summed E-state index contributed by atoms with van der Waals surface area (Å²) in [5.74, 6) is 0.713. The number of aliphatic hydroxyl groups excluding tert-OH is 2. The van der Waals surface area contributed by atoms with Crippen LogP contribution in [-0.4, -0.2) is 51.7 Å². The lowest BCUT2D eigenvalue weighted by atomic mass is 9.96. The van der Waals surface area contributed by atoms with Gasteiger partial charge in [-0.25, -0.2) is 4.99 Å². The van der Waals surface area contributed by atoms with E-state index >= 15 is 0 Å². The highest BCUT2D eigenvalue weighted by atomic mass is 16.5. The summed E-state index contributed by atoms with van der Waals surface area (Å²) in [5, 5.41) is 31.0. The van der Waals surface area contributed by atoms with E-state index in [0.717, 1.165) is 31.2 Å². The zero-order valence-electron chi connectivity index (χ0n) is 19.5. The van der Waals surface area contributed by atoms with Gasteiger partial charge in [-0.1, -0.05) is 0 Å². The molecule has 2 heterocycles. The Morgan fingerprint density at radius 3 is 2.62 bits per heavy atom. The third kappa shape index (κ3) is 4.98. The number of aliphatic imine (C=N–C) groups is 1. The lowest BCUT2D eigenvalue weighted by Crippen LogP contribution is -2.39. The Hall–Kier alpha value is -2.82. The van der Waals surface area contributed by atoms with Gasteiger partial charge in [-0.05, 0) is 39.5 Å². The van der Waals surface area contributed by atoms with Crippen molar-refractivity contribution in [1.82, 2.24) is 0 Å². The maximum absolute atomic E-state index is 13.3. The first kappa shape index (κ1) is 24.3. The van der Waals surface area contributed by atoms with Crippen molar-refractivity contribution in [1.29, 1.82) is 0 Å². The Balaban J connectivity index is 1.76. The number of ether oxygens (including phenoxy) is 2. The molecule has 0 unspecified atom stereocenters. The molecule has 7 N–H and O–H groups in total. The van der Waals surface area contributed by atoms with Crippen molar-refractivity contribution in [3.63, 3.8) is 0 Å². The molecule has 34 heavy (non-hydrogen) atoms. The molecule has 2 aromatic rings. The van der Waals surface area contributed by atoms with Gasteiger partial charge in [0, 0.05) is 30.5 Å². The predicted molar refractivity (Wildman–Crippen MR) is 126 cm³/mol. The van der Waals surface area contributed by atoms with Crippen molar-refractivity contribution >= 4 is 16.9 Å². The maximum atomic E-state index is 13.3. The van der Waals surface area contributed by atoms with Gasteiger partial charge in [0.2, 0.25) is 0 Å². The fourth-order valence-electron chi connectivity index (χ4n) is 4.62. The summed E-state index contributed by atoms with van der Waals surface area (Å²) in [5.41, 5.74) is 10.2. The molecular formula is C24H33N3O7. The van der Waals surface area contributed by atoms with Crippen LogP contribution in [0.5, 0.6) is 11.5 Å². The van der Waals surface area contributed by atoms with Crippen molar-refractivity contribution in [2.24, 2.45) is 16.5 Å². The van der Waals surface area contributed by atoms with E-state index in [4.69, 9.17) is 25.4 Å². The van der Waals surface area contributed by atoms with E-state index in [2.05, 4.69) is 4.99 Å². The maximum Gasteiger partial charge on any atom is 0.196 e. The Morgan fingerprint density at radius 2 is 2.00 bits per heavy atom. The Morgan fingerprint density at radius 1 is 1.29 bits per heavy atom. The fraction of sp³-hybridized carbons (Fsp3) is 0.583. The number of fused-ring (bicyclic) bond motifs is 2. The molecule has 186 valence electrons. The molecule has 0 spiro atoms. The van der Waals surface area contributed by atoms with Crippen LogP contribution in [0.25, 0.3) is 11.0 Å². The van der Waals surface area contributed by atoms with Gasteiger partial charge in [-0.2, -0.15) is 0 Å². The summed E-state index contributed by atoms with van der Waals surface area (Å²) in [7, 11) is 0. The summed E-state index contributed by atoms with van der Waals surface area (Å²) in [6, 6.07) is 2.08. The van der Waals surface area contributed by atoms with Crippen LogP contribution in [-0.2, 0) is 6.42 Å². The minimum atomic E-state index is -1.23. The third-order valence-corrected chi connectivity index (χ3v) is 6.45. The topological polar surface area (TPSA) is 174 Å². The lowest BCUT2D eigenvalue weighted by Gasteiger charge is -2.24. The first-order valence-corrected chi connectivity index (χ1v) is 11.6. The van der Waals surface area contributed by atoms with Crippen molar-refractivity contribution in [3.05, 3.63) is 33.7 Å². The van der Waals surface area contributed by atoms with Gasteiger partial charge < -0.3 is 40.7 Å². The van der Waals surface area contributed by atoms with Crippen LogP contribution in [0.2, 0.25) is 0 Å². The smallest absolute Gasteiger partial charge is 0.196 e. The number of rotatable bonds is 8. The molecule has 0 radical (unpaired) electrons. The second-order valence-electron chi connectivity index (χ2n) is 9.70. The van der Waals surface area contributed by atoms with Crippen molar-refractivity contribution in [2.45, 2.75) is 82.3 Å². The molecule has 1 aromatic carbocycles. The van der Waals surface area contributed by atoms with Crippen LogP contribution in [0.15, 0.2) is 26.3 Å². The monoisotopic (exact) mass is 475 g/mol. The number of aliphatic hydroxyl groups is 3. The predicted octanol–water partition coefficient (Wildman–Crippen LogP) is 1.25. The SMILES string of the molecule is CC(C)(O)[C@@H]1Cc2c(cc3oc([C@H](O)C[C@H](CO)N=C(N)N)cc(=O)c3c2OC2CCCC2)O1. The van der Waals surface area contributed by atoms with Gasteiger partial charge in [-0.15, -0.1) is 0 Å². The molecule has 1 aromatic heterocycles. The van der Waals surface area contributed by atoms with Crippen LogP contribution in [0.3, 0.4) is 0 Å². The Kier molecular flexibility index (Phi) is 6.75. The highest BCUT2D eigenvalue weighted by Crippen LogP contribution is 2.44. The van der Waals surface area contributed by atoms with Crippen molar-refractivity contribution < 1.29 is 29.2 Å². The van der Waals surface area contributed by atoms with E-state index in [0.29, 0.717) is 17.9 Å². The standard InChI is InChI=1S/C24H33N3O7/c1-24(2,31)20-8-14-17(34-20)10-19-21(22(14)32-13-5-3-4-6-13)16(30)9-18(33-19)15(29)7-12(11-28)27-23(25)26/h9-10,12-13,15,20,28-29,31H,3-8,11H2,1-2H3,(H4,25,26,27)/t12-,15-,20+/m1/s1. The average Bonchev–Trinajstić information content (AvgIpc) is 3.41. The van der Waals surface area contributed by atoms with Gasteiger partial charge >= 0.3 is 0 Å². The first-order chi connectivity index (χ1) is 16.1. The summed E-state index contributed by atoms with van der Waals surface area (Å²) in [4.78, 5) is 17.1. The molecule has 3 atom stereocenters. The van der Waals surface area contributed by atoms with Gasteiger partial charge in [0.1, 0.15) is 40.4 Å². The lowest BCUT2D eigenvalue weighted by molar-refractivity contribution is -0.0229. The van der Waals surface area contributed by atoms with Gasteiger partial charge in [0.05, 0.1) is 24.4 Å². The number of benzene rings is 1. The highest BCUT2D eigenvalue weighted by Gasteiger charge is 2.38. The van der Waals surface area contributed by atoms with Crippen LogP contribution in [0, 0.1) is 0 Å². The van der Waals surface area contributed by atoms with E-state index in [9.17, 15) is 20.1 Å².